The number of sulfonamides is 1. The summed E-state index contributed by atoms with van der Waals surface area (Å²) in [5, 5.41) is 9.17. The molecule has 1 aromatic heterocycles. The quantitative estimate of drug-likeness (QED) is 0.390. The summed E-state index contributed by atoms with van der Waals surface area (Å²) in [4.78, 5) is 21.8. The first-order chi connectivity index (χ1) is 13.4. The van der Waals surface area contributed by atoms with Crippen LogP contribution in [0.1, 0.15) is 53.4 Å². The maximum absolute atomic E-state index is 12.1. The molecular formula is C18H32ClN3O5S2. The van der Waals surface area contributed by atoms with Gasteiger partial charge in [-0.2, -0.15) is 4.72 Å². The Labute approximate surface area is 182 Å². The molecule has 0 aliphatic rings. The molecule has 0 fully saturated rings. The highest BCUT2D eigenvalue weighted by Crippen LogP contribution is 2.26. The summed E-state index contributed by atoms with van der Waals surface area (Å²) in [5.41, 5.74) is 10.5. The Hall–Kier alpha value is -1.20. The van der Waals surface area contributed by atoms with E-state index in [0.29, 0.717) is 17.2 Å². The molecule has 0 unspecified atom stereocenters. The van der Waals surface area contributed by atoms with Crippen molar-refractivity contribution >= 4 is 44.8 Å². The van der Waals surface area contributed by atoms with E-state index in [4.69, 9.17) is 23.1 Å². The van der Waals surface area contributed by atoms with Crippen molar-refractivity contribution in [1.82, 2.24) is 4.72 Å². The van der Waals surface area contributed by atoms with Gasteiger partial charge in [0.05, 0.1) is 10.4 Å². The van der Waals surface area contributed by atoms with Crippen LogP contribution in [0.4, 0.5) is 0 Å². The lowest BCUT2D eigenvalue weighted by Crippen LogP contribution is -2.45. The van der Waals surface area contributed by atoms with E-state index in [0.717, 1.165) is 24.2 Å². The van der Waals surface area contributed by atoms with Crippen LogP contribution in [0.2, 0.25) is 4.34 Å². The number of rotatable bonds is 11. The summed E-state index contributed by atoms with van der Waals surface area (Å²) in [5.74, 6) is -1.56. The number of carboxylic acid groups (broad SMARTS) is 1. The number of nitrogens with one attached hydrogen (secondary N) is 1. The van der Waals surface area contributed by atoms with Gasteiger partial charge in [0.2, 0.25) is 5.91 Å². The van der Waals surface area contributed by atoms with Crippen LogP contribution in [0.5, 0.6) is 0 Å². The van der Waals surface area contributed by atoms with Crippen molar-refractivity contribution in [2.24, 2.45) is 23.3 Å². The molecule has 11 heteroatoms. The van der Waals surface area contributed by atoms with Crippen molar-refractivity contribution in [3.63, 3.8) is 0 Å². The highest BCUT2D eigenvalue weighted by atomic mass is 35.5. The number of nitrogens with two attached hydrogens (primary N) is 2. The molecule has 0 spiro atoms. The van der Waals surface area contributed by atoms with Crippen LogP contribution in [0.15, 0.2) is 16.3 Å². The highest BCUT2D eigenvalue weighted by Gasteiger charge is 2.31. The second kappa shape index (κ2) is 13.2. The van der Waals surface area contributed by atoms with Gasteiger partial charge in [-0.3, -0.25) is 9.59 Å². The number of hydrogen-bond donors (Lipinski definition) is 4. The zero-order valence-electron chi connectivity index (χ0n) is 17.2. The van der Waals surface area contributed by atoms with Gasteiger partial charge in [0.15, 0.2) is 0 Å². The minimum Gasteiger partial charge on any atom is -0.480 e. The molecule has 8 nitrogen and oxygen atoms in total. The molecule has 0 saturated heterocycles. The van der Waals surface area contributed by atoms with Crippen molar-refractivity contribution in [3.8, 4) is 0 Å². The third kappa shape index (κ3) is 9.00. The highest BCUT2D eigenvalue weighted by molar-refractivity contribution is 7.91. The molecule has 2 atom stereocenters. The molecule has 6 N–H and O–H groups in total. The normalized spacial score (nSPS) is 13.7. The Morgan fingerprint density at radius 3 is 1.86 bits per heavy atom. The van der Waals surface area contributed by atoms with Crippen LogP contribution >= 0.6 is 22.9 Å². The van der Waals surface area contributed by atoms with E-state index >= 15 is 0 Å². The Balaban J connectivity index is 0.000000665. The van der Waals surface area contributed by atoms with Crippen LogP contribution < -0.4 is 16.2 Å². The van der Waals surface area contributed by atoms with Gasteiger partial charge in [-0.25, -0.2) is 8.42 Å². The maximum atomic E-state index is 12.1. The lowest BCUT2D eigenvalue weighted by atomic mass is 9.95. The fraction of sp³-hybridized carbons (Fsp3) is 0.667. The predicted molar refractivity (Wildman–Crippen MR) is 116 cm³/mol. The van der Waals surface area contributed by atoms with Gasteiger partial charge in [0, 0.05) is 0 Å². The van der Waals surface area contributed by atoms with Crippen LogP contribution in [0.25, 0.3) is 0 Å². The van der Waals surface area contributed by atoms with E-state index in [2.05, 4.69) is 4.72 Å². The van der Waals surface area contributed by atoms with Crippen molar-refractivity contribution in [3.05, 3.63) is 16.5 Å². The molecule has 0 saturated carbocycles. The Kier molecular flexibility index (Phi) is 12.6. The molecule has 0 aromatic carbocycles. The number of halogens is 1. The van der Waals surface area contributed by atoms with Crippen LogP contribution in [-0.2, 0) is 19.6 Å². The first-order valence-electron chi connectivity index (χ1n) is 9.50. The molecular weight excluding hydrogens is 438 g/mol. The minimum absolute atomic E-state index is 0.0229. The smallest absolute Gasteiger partial charge is 0.322 e. The molecule has 0 aliphatic carbocycles. The fourth-order valence-corrected chi connectivity index (χ4v) is 5.56. The summed E-state index contributed by atoms with van der Waals surface area (Å²) in [7, 11) is -3.85. The van der Waals surface area contributed by atoms with Crippen molar-refractivity contribution in [2.45, 2.75) is 69.7 Å². The third-order valence-electron chi connectivity index (χ3n) is 4.77. The third-order valence-corrected chi connectivity index (χ3v) is 7.93. The predicted octanol–water partition coefficient (Wildman–Crippen LogP) is 2.80. The molecule has 0 bridgehead atoms. The number of thiophene rings is 1. The largest absolute Gasteiger partial charge is 0.480 e. The molecule has 0 radical (unpaired) electrons. The standard InChI is InChI=1S/C11H16ClNO4S2.C7H16N2O/c1-3-7(4-2)10(11(14)15)13-19(16,17)9-6-5-8(12)18-9;1-3-5(4-2)6(8)7(9)10/h5-7,10,13H,3-4H2,1-2H3,(H,14,15);5-6H,3-4,8H2,1-2H3,(H2,9,10)/t10-;6-/m00/s1. The average molecular weight is 470 g/mol. The van der Waals surface area contributed by atoms with E-state index < -0.39 is 34.0 Å². The Bertz CT molecular complexity index is 746. The lowest BCUT2D eigenvalue weighted by Gasteiger charge is -2.21. The SMILES string of the molecule is CCC(CC)[C@H](N)C(N)=O.CCC(CC)[C@H](NS(=O)(=O)c1ccc(Cl)s1)C(=O)O. The van der Waals surface area contributed by atoms with Crippen molar-refractivity contribution < 1.29 is 23.1 Å². The summed E-state index contributed by atoms with van der Waals surface area (Å²) in [6, 6.07) is 1.24. The van der Waals surface area contributed by atoms with Crippen molar-refractivity contribution in [1.29, 1.82) is 0 Å². The number of carbonyl (C=O) groups is 2. The van der Waals surface area contributed by atoms with E-state index in [9.17, 15) is 23.1 Å². The zero-order chi connectivity index (χ0) is 22.8. The first-order valence-corrected chi connectivity index (χ1v) is 12.2. The monoisotopic (exact) mass is 469 g/mol. The van der Waals surface area contributed by atoms with E-state index in [1.807, 2.05) is 27.7 Å². The molecule has 1 rings (SSSR count). The first kappa shape index (κ1) is 27.8. The minimum atomic E-state index is -3.85. The second-order valence-electron chi connectivity index (χ2n) is 6.58. The van der Waals surface area contributed by atoms with Gasteiger partial charge in [-0.15, -0.1) is 11.3 Å². The van der Waals surface area contributed by atoms with Crippen LogP contribution in [0, 0.1) is 11.8 Å². The van der Waals surface area contributed by atoms with Gasteiger partial charge < -0.3 is 16.6 Å². The number of carboxylic acids is 1. The summed E-state index contributed by atoms with van der Waals surface area (Å²) >= 11 is 6.59. The molecule has 29 heavy (non-hydrogen) atoms. The summed E-state index contributed by atoms with van der Waals surface area (Å²) in [6.07, 6.45) is 3.00. The van der Waals surface area contributed by atoms with Gasteiger partial charge in [-0.05, 0) is 24.0 Å². The summed E-state index contributed by atoms with van der Waals surface area (Å²) < 4.78 is 26.8. The van der Waals surface area contributed by atoms with Crippen LogP contribution in [0.3, 0.4) is 0 Å². The number of hydrogen-bond acceptors (Lipinski definition) is 6. The van der Waals surface area contributed by atoms with E-state index in [1.165, 1.54) is 12.1 Å². The Morgan fingerprint density at radius 2 is 1.59 bits per heavy atom. The van der Waals surface area contributed by atoms with Crippen molar-refractivity contribution in [2.75, 3.05) is 0 Å². The average Bonchev–Trinajstić information content (AvgIpc) is 3.10. The maximum Gasteiger partial charge on any atom is 0.322 e. The molecule has 1 heterocycles. The lowest BCUT2D eigenvalue weighted by molar-refractivity contribution is -0.140. The molecule has 1 aromatic rings. The number of aliphatic carboxylic acids is 1. The van der Waals surface area contributed by atoms with E-state index in [1.54, 1.807) is 0 Å². The number of carbonyl (C=O) groups excluding carboxylic acids is 1. The molecule has 168 valence electrons. The summed E-state index contributed by atoms with van der Waals surface area (Å²) in [6.45, 7) is 7.69. The number of primary amides is 1. The topological polar surface area (TPSA) is 153 Å². The molecule has 1 amide bonds. The van der Waals surface area contributed by atoms with E-state index in [-0.39, 0.29) is 16.0 Å². The zero-order valence-corrected chi connectivity index (χ0v) is 19.6. The van der Waals surface area contributed by atoms with Gasteiger partial charge in [0.1, 0.15) is 10.3 Å². The second-order valence-corrected chi connectivity index (χ2v) is 10.2. The van der Waals surface area contributed by atoms with Crippen LogP contribution in [-0.4, -0.2) is 37.5 Å². The van der Waals surface area contributed by atoms with Gasteiger partial charge in [0.25, 0.3) is 10.0 Å². The fourth-order valence-electron chi connectivity index (χ4n) is 2.80. The molecule has 0 aliphatic heterocycles. The van der Waals surface area contributed by atoms with Gasteiger partial charge in [-0.1, -0.05) is 65.0 Å². The Morgan fingerprint density at radius 1 is 1.10 bits per heavy atom. The van der Waals surface area contributed by atoms with Gasteiger partial charge >= 0.3 is 5.97 Å². The number of amides is 1.